The first kappa shape index (κ1) is 13.7. The summed E-state index contributed by atoms with van der Waals surface area (Å²) < 4.78 is 0. The van der Waals surface area contributed by atoms with Crippen LogP contribution in [0.3, 0.4) is 0 Å². The fourth-order valence-electron chi connectivity index (χ4n) is 4.50. The van der Waals surface area contributed by atoms with Crippen LogP contribution in [0.2, 0.25) is 0 Å². The van der Waals surface area contributed by atoms with Crippen LogP contribution in [0.25, 0.3) is 0 Å². The second-order valence-corrected chi connectivity index (χ2v) is 7.02. The molecule has 2 saturated heterocycles. The number of nitrogens with zero attached hydrogens (tertiary/aromatic N) is 2. The summed E-state index contributed by atoms with van der Waals surface area (Å²) in [6.07, 6.45) is 6.13. The van der Waals surface area contributed by atoms with Gasteiger partial charge in [0.15, 0.2) is 0 Å². The maximum absolute atomic E-state index is 10.5. The number of rotatable bonds is 2. The van der Waals surface area contributed by atoms with Crippen molar-refractivity contribution in [1.82, 2.24) is 9.80 Å². The highest BCUT2D eigenvalue weighted by atomic mass is 16.3. The fraction of sp³-hybridized carbons (Fsp3) is 0.667. The Morgan fingerprint density at radius 2 is 1.52 bits per heavy atom. The van der Waals surface area contributed by atoms with Gasteiger partial charge < -0.3 is 5.11 Å². The van der Waals surface area contributed by atoms with Gasteiger partial charge in [0.25, 0.3) is 0 Å². The third kappa shape index (κ3) is 2.63. The first-order valence-electron chi connectivity index (χ1n) is 8.54. The predicted octanol–water partition coefficient (Wildman–Crippen LogP) is 1.68. The SMILES string of the molecule is O[C@H]1CN(C2Cc3ccccc3C2)C[C@@H]1N1CCCCC1. The zero-order chi connectivity index (χ0) is 14.2. The zero-order valence-corrected chi connectivity index (χ0v) is 12.7. The van der Waals surface area contributed by atoms with Gasteiger partial charge >= 0.3 is 0 Å². The maximum Gasteiger partial charge on any atom is 0.0834 e. The summed E-state index contributed by atoms with van der Waals surface area (Å²) >= 11 is 0. The minimum Gasteiger partial charge on any atom is -0.390 e. The quantitative estimate of drug-likeness (QED) is 0.896. The summed E-state index contributed by atoms with van der Waals surface area (Å²) in [6, 6.07) is 9.81. The van der Waals surface area contributed by atoms with Crippen molar-refractivity contribution in [3.05, 3.63) is 35.4 Å². The van der Waals surface area contributed by atoms with Crippen LogP contribution in [0.5, 0.6) is 0 Å². The molecule has 114 valence electrons. The number of aliphatic hydroxyl groups excluding tert-OH is 1. The lowest BCUT2D eigenvalue weighted by atomic mass is 10.1. The molecule has 0 radical (unpaired) electrons. The number of β-amino-alcohol motifs (C(OH)–C–C–N with tert-alkyl or cyclic N) is 1. The summed E-state index contributed by atoms with van der Waals surface area (Å²) in [5.74, 6) is 0. The van der Waals surface area contributed by atoms with Crippen LogP contribution in [-0.2, 0) is 12.8 Å². The Balaban J connectivity index is 1.42. The Bertz CT molecular complexity index is 473. The van der Waals surface area contributed by atoms with E-state index in [1.165, 1.54) is 43.5 Å². The van der Waals surface area contributed by atoms with Gasteiger partial charge in [-0.25, -0.2) is 0 Å². The molecule has 0 saturated carbocycles. The van der Waals surface area contributed by atoms with E-state index in [-0.39, 0.29) is 6.10 Å². The highest BCUT2D eigenvalue weighted by molar-refractivity contribution is 5.33. The summed E-state index contributed by atoms with van der Waals surface area (Å²) in [5, 5.41) is 10.5. The molecule has 3 heteroatoms. The van der Waals surface area contributed by atoms with E-state index < -0.39 is 0 Å². The van der Waals surface area contributed by atoms with Crippen molar-refractivity contribution in [2.45, 2.75) is 50.3 Å². The lowest BCUT2D eigenvalue weighted by Gasteiger charge is -2.34. The number of hydrogen-bond acceptors (Lipinski definition) is 3. The monoisotopic (exact) mass is 286 g/mol. The van der Waals surface area contributed by atoms with Crippen molar-refractivity contribution in [3.8, 4) is 0 Å². The van der Waals surface area contributed by atoms with Crippen molar-refractivity contribution in [3.63, 3.8) is 0 Å². The van der Waals surface area contributed by atoms with Crippen LogP contribution in [0.4, 0.5) is 0 Å². The van der Waals surface area contributed by atoms with Gasteiger partial charge in [-0.05, 0) is 49.9 Å². The number of fused-ring (bicyclic) bond motifs is 1. The molecule has 2 heterocycles. The van der Waals surface area contributed by atoms with Crippen molar-refractivity contribution >= 4 is 0 Å². The number of piperidine rings is 1. The summed E-state index contributed by atoms with van der Waals surface area (Å²) in [5.41, 5.74) is 3.02. The first-order chi connectivity index (χ1) is 10.3. The third-order valence-electron chi connectivity index (χ3n) is 5.69. The molecule has 1 aliphatic carbocycles. The molecule has 0 unspecified atom stereocenters. The summed E-state index contributed by atoms with van der Waals surface area (Å²) in [7, 11) is 0. The number of hydrogen-bond donors (Lipinski definition) is 1. The number of benzene rings is 1. The van der Waals surface area contributed by atoms with E-state index in [2.05, 4.69) is 34.1 Å². The van der Waals surface area contributed by atoms with Crippen molar-refractivity contribution in [2.24, 2.45) is 0 Å². The minimum absolute atomic E-state index is 0.160. The van der Waals surface area contributed by atoms with Crippen LogP contribution >= 0.6 is 0 Å². The molecule has 21 heavy (non-hydrogen) atoms. The van der Waals surface area contributed by atoms with Crippen LogP contribution in [-0.4, -0.2) is 59.3 Å². The molecule has 0 bridgehead atoms. The van der Waals surface area contributed by atoms with Gasteiger partial charge in [0, 0.05) is 25.2 Å². The molecule has 2 fully saturated rings. The molecule has 2 aliphatic heterocycles. The van der Waals surface area contributed by atoms with E-state index >= 15 is 0 Å². The van der Waals surface area contributed by atoms with Gasteiger partial charge in [-0.3, -0.25) is 9.80 Å². The van der Waals surface area contributed by atoms with E-state index in [0.29, 0.717) is 12.1 Å². The molecular formula is C18H26N2O. The molecule has 3 nitrogen and oxygen atoms in total. The zero-order valence-electron chi connectivity index (χ0n) is 12.7. The molecule has 2 atom stereocenters. The van der Waals surface area contributed by atoms with E-state index in [9.17, 15) is 5.11 Å². The largest absolute Gasteiger partial charge is 0.390 e. The molecule has 3 aliphatic rings. The van der Waals surface area contributed by atoms with Crippen molar-refractivity contribution < 1.29 is 5.11 Å². The predicted molar refractivity (Wildman–Crippen MR) is 84.4 cm³/mol. The second kappa shape index (κ2) is 5.71. The first-order valence-corrected chi connectivity index (χ1v) is 8.54. The van der Waals surface area contributed by atoms with Crippen LogP contribution in [0, 0.1) is 0 Å². The van der Waals surface area contributed by atoms with Crippen molar-refractivity contribution in [1.29, 1.82) is 0 Å². The smallest absolute Gasteiger partial charge is 0.0834 e. The Morgan fingerprint density at radius 3 is 2.19 bits per heavy atom. The molecule has 4 rings (SSSR count). The topological polar surface area (TPSA) is 26.7 Å². The third-order valence-corrected chi connectivity index (χ3v) is 5.69. The van der Waals surface area contributed by atoms with Gasteiger partial charge in [-0.2, -0.15) is 0 Å². The average Bonchev–Trinajstić information content (AvgIpc) is 3.11. The van der Waals surface area contributed by atoms with E-state index in [4.69, 9.17) is 0 Å². The molecule has 0 spiro atoms. The fourth-order valence-corrected chi connectivity index (χ4v) is 4.50. The number of likely N-dealkylation sites (tertiary alicyclic amines) is 2. The van der Waals surface area contributed by atoms with Crippen LogP contribution in [0.1, 0.15) is 30.4 Å². The molecule has 0 amide bonds. The normalized spacial score (nSPS) is 31.7. The standard InChI is InChI=1S/C18H26N2O/c21-18-13-20(12-17(18)19-8-4-1-5-9-19)16-10-14-6-2-3-7-15(14)11-16/h2-3,6-7,16-18,21H,1,4-5,8-13H2/t17-,18-/m0/s1. The Kier molecular flexibility index (Phi) is 3.74. The van der Waals surface area contributed by atoms with Crippen LogP contribution in [0.15, 0.2) is 24.3 Å². The molecule has 1 aromatic carbocycles. The van der Waals surface area contributed by atoms with Gasteiger partial charge in [-0.1, -0.05) is 30.7 Å². The molecule has 1 aromatic rings. The average molecular weight is 286 g/mol. The van der Waals surface area contributed by atoms with Gasteiger partial charge in [0.2, 0.25) is 0 Å². The van der Waals surface area contributed by atoms with E-state index in [1.807, 2.05) is 0 Å². The highest BCUT2D eigenvalue weighted by Gasteiger charge is 2.39. The van der Waals surface area contributed by atoms with Gasteiger partial charge in [0.1, 0.15) is 0 Å². The van der Waals surface area contributed by atoms with E-state index in [1.54, 1.807) is 0 Å². The van der Waals surface area contributed by atoms with E-state index in [0.717, 1.165) is 25.9 Å². The Hall–Kier alpha value is -0.900. The minimum atomic E-state index is -0.160. The maximum atomic E-state index is 10.5. The lowest BCUT2D eigenvalue weighted by molar-refractivity contribution is 0.0705. The van der Waals surface area contributed by atoms with Gasteiger partial charge in [-0.15, -0.1) is 0 Å². The highest BCUT2D eigenvalue weighted by Crippen LogP contribution is 2.29. The lowest BCUT2D eigenvalue weighted by Crippen LogP contribution is -2.46. The van der Waals surface area contributed by atoms with Crippen molar-refractivity contribution in [2.75, 3.05) is 26.2 Å². The van der Waals surface area contributed by atoms with Gasteiger partial charge in [0.05, 0.1) is 6.10 Å². The Labute approximate surface area is 127 Å². The molecule has 1 N–H and O–H groups in total. The number of aliphatic hydroxyl groups is 1. The molecule has 0 aromatic heterocycles. The Morgan fingerprint density at radius 1 is 0.857 bits per heavy atom. The molecular weight excluding hydrogens is 260 g/mol. The second-order valence-electron chi connectivity index (χ2n) is 7.02. The summed E-state index contributed by atoms with van der Waals surface area (Å²) in [6.45, 7) is 4.28. The summed E-state index contributed by atoms with van der Waals surface area (Å²) in [4.78, 5) is 5.08. The van der Waals surface area contributed by atoms with Crippen LogP contribution < -0.4 is 0 Å².